The van der Waals surface area contributed by atoms with E-state index in [1.807, 2.05) is 37.3 Å². The molecule has 0 radical (unpaired) electrons. The highest BCUT2D eigenvalue weighted by molar-refractivity contribution is 6.24. The van der Waals surface area contributed by atoms with Crippen LogP contribution in [0.2, 0.25) is 0 Å². The summed E-state index contributed by atoms with van der Waals surface area (Å²) in [5.74, 6) is -0.0497. The molecule has 3 N–H and O–H groups in total. The number of carbonyl (C=O) groups is 1. The number of carbonyl (C=O) groups excluding carboxylic acids is 1. The van der Waals surface area contributed by atoms with E-state index in [2.05, 4.69) is 10.6 Å². The quantitative estimate of drug-likeness (QED) is 0.788. The summed E-state index contributed by atoms with van der Waals surface area (Å²) in [6.07, 6.45) is 0.360. The van der Waals surface area contributed by atoms with Crippen LogP contribution in [-0.2, 0) is 0 Å². The van der Waals surface area contributed by atoms with Crippen LogP contribution in [0.25, 0.3) is 10.8 Å². The number of anilines is 2. The first kappa shape index (κ1) is 12.0. The van der Waals surface area contributed by atoms with Crippen LogP contribution in [0, 0.1) is 0 Å². The fraction of sp³-hybridized carbons (Fsp3) is 0.267. The van der Waals surface area contributed by atoms with E-state index < -0.39 is 0 Å². The summed E-state index contributed by atoms with van der Waals surface area (Å²) in [6, 6.07) is 9.63. The lowest BCUT2D eigenvalue weighted by Crippen LogP contribution is -2.18. The van der Waals surface area contributed by atoms with Crippen LogP contribution in [0.5, 0.6) is 0 Å². The van der Waals surface area contributed by atoms with Gasteiger partial charge in [0.05, 0.1) is 11.8 Å². The predicted octanol–water partition coefficient (Wildman–Crippen LogP) is 2.59. The lowest BCUT2D eigenvalue weighted by molar-refractivity contribution is 0.103. The van der Waals surface area contributed by atoms with Crippen LogP contribution in [0.1, 0.15) is 23.7 Å². The summed E-state index contributed by atoms with van der Waals surface area (Å²) in [6.45, 7) is 2.45. The summed E-state index contributed by atoms with van der Waals surface area (Å²) in [5, 5.41) is 17.7. The number of amides is 1. The van der Waals surface area contributed by atoms with Crippen molar-refractivity contribution in [2.45, 2.75) is 19.4 Å². The van der Waals surface area contributed by atoms with Gasteiger partial charge in [-0.2, -0.15) is 0 Å². The molecular formula is C15H16N2O2. The zero-order valence-electron chi connectivity index (χ0n) is 10.7. The Balaban J connectivity index is 1.98. The average Bonchev–Trinajstić information content (AvgIpc) is 2.74. The molecule has 1 atom stereocenters. The zero-order chi connectivity index (χ0) is 13.4. The topological polar surface area (TPSA) is 61.4 Å². The zero-order valence-corrected chi connectivity index (χ0v) is 10.7. The second kappa shape index (κ2) is 4.55. The van der Waals surface area contributed by atoms with Gasteiger partial charge in [-0.3, -0.25) is 4.79 Å². The Morgan fingerprint density at radius 2 is 2.21 bits per heavy atom. The van der Waals surface area contributed by atoms with E-state index >= 15 is 0 Å². The summed E-state index contributed by atoms with van der Waals surface area (Å²) in [7, 11) is 0. The van der Waals surface area contributed by atoms with Crippen LogP contribution < -0.4 is 10.6 Å². The normalized spacial score (nSPS) is 14.5. The Kier molecular flexibility index (Phi) is 2.87. The molecule has 98 valence electrons. The molecule has 0 saturated heterocycles. The second-order valence-corrected chi connectivity index (χ2v) is 4.82. The Morgan fingerprint density at radius 1 is 1.37 bits per heavy atom. The molecule has 0 aromatic heterocycles. The third-order valence-corrected chi connectivity index (χ3v) is 3.48. The number of nitrogens with one attached hydrogen (secondary N) is 2. The fourth-order valence-electron chi connectivity index (χ4n) is 2.39. The number of rotatable bonds is 4. The molecule has 1 aliphatic heterocycles. The molecule has 3 rings (SSSR count). The van der Waals surface area contributed by atoms with Gasteiger partial charge in [0.15, 0.2) is 0 Å². The maximum Gasteiger partial charge on any atom is 0.256 e. The number of aliphatic hydroxyl groups excluding tert-OH is 1. The summed E-state index contributed by atoms with van der Waals surface area (Å²) in [4.78, 5) is 11.8. The first-order valence-electron chi connectivity index (χ1n) is 6.49. The van der Waals surface area contributed by atoms with Gasteiger partial charge in [0, 0.05) is 23.2 Å². The minimum Gasteiger partial charge on any atom is -0.391 e. The van der Waals surface area contributed by atoms with Gasteiger partial charge in [0.1, 0.15) is 0 Å². The van der Waals surface area contributed by atoms with Crippen molar-refractivity contribution < 1.29 is 9.90 Å². The van der Waals surface area contributed by atoms with Crippen LogP contribution in [0.3, 0.4) is 0 Å². The SMILES string of the molecule is CCC(O)CNc1cc2c3c(cccc3c1)C(=O)N2. The van der Waals surface area contributed by atoms with Crippen LogP contribution >= 0.6 is 0 Å². The Morgan fingerprint density at radius 3 is 3.00 bits per heavy atom. The standard InChI is InChI=1S/C15H16N2O2/c1-2-11(18)8-16-10-6-9-4-3-5-12-14(9)13(7-10)17-15(12)19/h3-7,11,16,18H,2,8H2,1H3,(H,17,19). The molecule has 0 aliphatic carbocycles. The molecule has 0 fully saturated rings. The first-order valence-corrected chi connectivity index (χ1v) is 6.49. The van der Waals surface area contributed by atoms with Crippen LogP contribution in [0.4, 0.5) is 11.4 Å². The Hall–Kier alpha value is -2.07. The average molecular weight is 256 g/mol. The van der Waals surface area contributed by atoms with Gasteiger partial charge in [0.2, 0.25) is 0 Å². The Bertz CT molecular complexity index is 652. The van der Waals surface area contributed by atoms with Gasteiger partial charge in [-0.05, 0) is 30.0 Å². The molecule has 0 bridgehead atoms. The maximum atomic E-state index is 11.8. The van der Waals surface area contributed by atoms with Crippen molar-refractivity contribution >= 4 is 28.1 Å². The van der Waals surface area contributed by atoms with E-state index in [-0.39, 0.29) is 12.0 Å². The molecule has 4 nitrogen and oxygen atoms in total. The lowest BCUT2D eigenvalue weighted by Gasteiger charge is -2.12. The number of benzene rings is 2. The van der Waals surface area contributed by atoms with Gasteiger partial charge in [-0.1, -0.05) is 19.1 Å². The lowest BCUT2D eigenvalue weighted by atomic mass is 10.0. The number of hydrogen-bond acceptors (Lipinski definition) is 3. The van der Waals surface area contributed by atoms with Gasteiger partial charge in [0.25, 0.3) is 5.91 Å². The van der Waals surface area contributed by atoms with E-state index in [0.29, 0.717) is 13.0 Å². The van der Waals surface area contributed by atoms with Gasteiger partial charge < -0.3 is 15.7 Å². The summed E-state index contributed by atoms with van der Waals surface area (Å²) >= 11 is 0. The minimum atomic E-state index is -0.356. The van der Waals surface area contributed by atoms with Gasteiger partial charge in [-0.25, -0.2) is 0 Å². The van der Waals surface area contributed by atoms with Crippen LogP contribution in [0.15, 0.2) is 30.3 Å². The molecule has 1 unspecified atom stereocenters. The van der Waals surface area contributed by atoms with Gasteiger partial charge >= 0.3 is 0 Å². The van der Waals surface area contributed by atoms with Gasteiger partial charge in [-0.15, -0.1) is 0 Å². The van der Waals surface area contributed by atoms with E-state index in [1.54, 1.807) is 0 Å². The van der Waals surface area contributed by atoms with Crippen LogP contribution in [-0.4, -0.2) is 23.7 Å². The molecule has 2 aromatic carbocycles. The smallest absolute Gasteiger partial charge is 0.256 e. The predicted molar refractivity (Wildman–Crippen MR) is 76.7 cm³/mol. The monoisotopic (exact) mass is 256 g/mol. The van der Waals surface area contributed by atoms with Crippen molar-refractivity contribution in [1.29, 1.82) is 0 Å². The summed E-state index contributed by atoms with van der Waals surface area (Å²) < 4.78 is 0. The van der Waals surface area contributed by atoms with Crippen molar-refractivity contribution in [2.75, 3.05) is 17.2 Å². The van der Waals surface area contributed by atoms with E-state index in [4.69, 9.17) is 0 Å². The molecule has 4 heteroatoms. The summed E-state index contributed by atoms with van der Waals surface area (Å²) in [5.41, 5.74) is 2.48. The second-order valence-electron chi connectivity index (χ2n) is 4.82. The highest BCUT2D eigenvalue weighted by Gasteiger charge is 2.21. The first-order chi connectivity index (χ1) is 9.19. The third-order valence-electron chi connectivity index (χ3n) is 3.48. The molecule has 1 heterocycles. The molecule has 0 spiro atoms. The van der Waals surface area contributed by atoms with Crippen molar-refractivity contribution in [1.82, 2.24) is 0 Å². The molecule has 1 amide bonds. The third kappa shape index (κ3) is 2.04. The largest absolute Gasteiger partial charge is 0.391 e. The number of aliphatic hydroxyl groups is 1. The highest BCUT2D eigenvalue weighted by atomic mass is 16.3. The molecule has 1 aliphatic rings. The maximum absolute atomic E-state index is 11.8. The fourth-order valence-corrected chi connectivity index (χ4v) is 2.39. The highest BCUT2D eigenvalue weighted by Crippen LogP contribution is 2.35. The van der Waals surface area contributed by atoms with Crippen molar-refractivity contribution in [3.05, 3.63) is 35.9 Å². The number of hydrogen-bond donors (Lipinski definition) is 3. The van der Waals surface area contributed by atoms with Crippen molar-refractivity contribution in [3.8, 4) is 0 Å². The molecule has 19 heavy (non-hydrogen) atoms. The van der Waals surface area contributed by atoms with Crippen molar-refractivity contribution in [3.63, 3.8) is 0 Å². The Labute approximate surface area is 111 Å². The molecule has 0 saturated carbocycles. The van der Waals surface area contributed by atoms with E-state index in [0.717, 1.165) is 27.7 Å². The van der Waals surface area contributed by atoms with E-state index in [9.17, 15) is 9.90 Å². The van der Waals surface area contributed by atoms with Crippen molar-refractivity contribution in [2.24, 2.45) is 0 Å². The van der Waals surface area contributed by atoms with E-state index in [1.165, 1.54) is 0 Å². The molecule has 2 aromatic rings. The molecular weight excluding hydrogens is 240 g/mol. The minimum absolute atomic E-state index is 0.0497.